The minimum Gasteiger partial charge on any atom is -0.422 e. The maximum atomic E-state index is 12.9. The van der Waals surface area contributed by atoms with Crippen molar-refractivity contribution in [3.63, 3.8) is 0 Å². The predicted molar refractivity (Wildman–Crippen MR) is 85.7 cm³/mol. The van der Waals surface area contributed by atoms with Crippen LogP contribution in [-0.4, -0.2) is 0 Å². The number of rotatable bonds is 3. The number of hydrogen-bond donors (Lipinski definition) is 1. The molecule has 1 N–H and O–H groups in total. The normalized spacial score (nSPS) is 10.9. The molecule has 1 heterocycles. The summed E-state index contributed by atoms with van der Waals surface area (Å²) in [7, 11) is 0. The highest BCUT2D eigenvalue weighted by molar-refractivity contribution is 5.84. The Morgan fingerprint density at radius 1 is 1.09 bits per heavy atom. The maximum absolute atomic E-state index is 12.9. The fourth-order valence-electron chi connectivity index (χ4n) is 2.44. The molecule has 0 radical (unpaired) electrons. The van der Waals surface area contributed by atoms with Gasteiger partial charge in [-0.05, 0) is 54.8 Å². The number of halogens is 1. The van der Waals surface area contributed by atoms with Crippen molar-refractivity contribution in [2.45, 2.75) is 20.4 Å². The largest absolute Gasteiger partial charge is 0.422 e. The van der Waals surface area contributed by atoms with E-state index >= 15 is 0 Å². The minimum atomic E-state index is -0.364. The summed E-state index contributed by atoms with van der Waals surface area (Å²) in [5.41, 5.74) is 3.98. The van der Waals surface area contributed by atoms with Crippen molar-refractivity contribution in [2.75, 3.05) is 5.32 Å². The summed E-state index contributed by atoms with van der Waals surface area (Å²) in [6, 6.07) is 11.6. The summed E-state index contributed by atoms with van der Waals surface area (Å²) < 4.78 is 18.3. The highest BCUT2D eigenvalue weighted by atomic mass is 19.1. The Balaban J connectivity index is 1.98. The smallest absolute Gasteiger partial charge is 0.336 e. The molecule has 22 heavy (non-hydrogen) atoms. The van der Waals surface area contributed by atoms with Gasteiger partial charge in [-0.3, -0.25) is 0 Å². The van der Waals surface area contributed by atoms with E-state index in [-0.39, 0.29) is 11.4 Å². The number of nitrogens with one attached hydrogen (secondary N) is 1. The van der Waals surface area contributed by atoms with E-state index in [4.69, 9.17) is 4.42 Å². The summed E-state index contributed by atoms with van der Waals surface area (Å²) in [5.74, 6) is -0.276. The van der Waals surface area contributed by atoms with Gasteiger partial charge in [-0.25, -0.2) is 9.18 Å². The summed E-state index contributed by atoms with van der Waals surface area (Å²) in [5, 5.41) is 4.11. The molecule has 0 unspecified atom stereocenters. The van der Waals surface area contributed by atoms with Crippen LogP contribution in [0.4, 0.5) is 10.1 Å². The van der Waals surface area contributed by atoms with Gasteiger partial charge in [0, 0.05) is 23.7 Å². The fourth-order valence-corrected chi connectivity index (χ4v) is 2.44. The third-order valence-corrected chi connectivity index (χ3v) is 3.84. The SMILES string of the molecule is Cc1ccc2c(CNc3ccc(F)cc3)cc(=O)oc2c1C. The molecule has 112 valence electrons. The average Bonchev–Trinajstić information content (AvgIpc) is 2.50. The zero-order valence-corrected chi connectivity index (χ0v) is 12.4. The molecule has 0 saturated heterocycles. The quantitative estimate of drug-likeness (QED) is 0.738. The molecule has 0 amide bonds. The van der Waals surface area contributed by atoms with Gasteiger partial charge < -0.3 is 9.73 Å². The summed E-state index contributed by atoms with van der Waals surface area (Å²) >= 11 is 0. The number of anilines is 1. The van der Waals surface area contributed by atoms with Gasteiger partial charge >= 0.3 is 5.63 Å². The van der Waals surface area contributed by atoms with Gasteiger partial charge in [0.05, 0.1) is 0 Å². The molecule has 0 aliphatic rings. The van der Waals surface area contributed by atoms with E-state index in [1.54, 1.807) is 12.1 Å². The fraction of sp³-hybridized carbons (Fsp3) is 0.167. The maximum Gasteiger partial charge on any atom is 0.336 e. The number of benzene rings is 2. The highest BCUT2D eigenvalue weighted by Gasteiger charge is 2.09. The molecule has 0 fully saturated rings. The van der Waals surface area contributed by atoms with E-state index in [9.17, 15) is 9.18 Å². The van der Waals surface area contributed by atoms with E-state index in [1.807, 2.05) is 26.0 Å². The Hall–Kier alpha value is -2.62. The highest BCUT2D eigenvalue weighted by Crippen LogP contribution is 2.23. The van der Waals surface area contributed by atoms with Crippen molar-refractivity contribution in [2.24, 2.45) is 0 Å². The molecule has 3 nitrogen and oxygen atoms in total. The van der Waals surface area contributed by atoms with E-state index in [2.05, 4.69) is 5.32 Å². The van der Waals surface area contributed by atoms with Crippen molar-refractivity contribution in [1.29, 1.82) is 0 Å². The molecular weight excluding hydrogens is 281 g/mol. The second-order valence-electron chi connectivity index (χ2n) is 5.34. The molecule has 0 saturated carbocycles. The van der Waals surface area contributed by atoms with Crippen LogP contribution < -0.4 is 10.9 Å². The Labute approximate surface area is 127 Å². The first-order valence-corrected chi connectivity index (χ1v) is 7.07. The molecule has 0 aliphatic carbocycles. The third-order valence-electron chi connectivity index (χ3n) is 3.84. The molecule has 0 spiro atoms. The minimum absolute atomic E-state index is 0.276. The summed E-state index contributed by atoms with van der Waals surface area (Å²) in [6.07, 6.45) is 0. The van der Waals surface area contributed by atoms with Crippen LogP contribution in [-0.2, 0) is 6.54 Å². The zero-order valence-electron chi connectivity index (χ0n) is 12.4. The van der Waals surface area contributed by atoms with Crippen LogP contribution in [0, 0.1) is 19.7 Å². The van der Waals surface area contributed by atoms with Crippen LogP contribution >= 0.6 is 0 Å². The standard InChI is InChI=1S/C18H16FNO2/c1-11-3-8-16-13(9-17(21)22-18(16)12(11)2)10-20-15-6-4-14(19)5-7-15/h3-9,20H,10H2,1-2H3. The second kappa shape index (κ2) is 5.64. The molecule has 2 aromatic carbocycles. The topological polar surface area (TPSA) is 42.2 Å². The van der Waals surface area contributed by atoms with Gasteiger partial charge in [-0.1, -0.05) is 12.1 Å². The predicted octanol–water partition coefficient (Wildman–Crippen LogP) is 4.16. The van der Waals surface area contributed by atoms with E-state index in [1.165, 1.54) is 18.2 Å². The molecule has 0 atom stereocenters. The Bertz CT molecular complexity index is 882. The van der Waals surface area contributed by atoms with E-state index in [0.29, 0.717) is 12.1 Å². The Kier molecular flexibility index (Phi) is 3.67. The monoisotopic (exact) mass is 297 g/mol. The lowest BCUT2D eigenvalue weighted by molar-refractivity contribution is 0.556. The van der Waals surface area contributed by atoms with Gasteiger partial charge in [0.25, 0.3) is 0 Å². The van der Waals surface area contributed by atoms with Crippen LogP contribution in [0.2, 0.25) is 0 Å². The average molecular weight is 297 g/mol. The third kappa shape index (κ3) is 2.72. The lowest BCUT2D eigenvalue weighted by Crippen LogP contribution is -2.06. The molecule has 0 aliphatic heterocycles. The molecule has 3 aromatic rings. The summed E-state index contributed by atoms with van der Waals surface area (Å²) in [6.45, 7) is 4.40. The molecule has 0 bridgehead atoms. The van der Waals surface area contributed by atoms with Crippen LogP contribution in [0.5, 0.6) is 0 Å². The number of hydrogen-bond acceptors (Lipinski definition) is 3. The number of fused-ring (bicyclic) bond motifs is 1. The van der Waals surface area contributed by atoms with Crippen molar-refractivity contribution in [1.82, 2.24) is 0 Å². The molecular formula is C18H16FNO2. The zero-order chi connectivity index (χ0) is 15.7. The number of aryl methyl sites for hydroxylation is 2. The van der Waals surface area contributed by atoms with Crippen LogP contribution in [0.1, 0.15) is 16.7 Å². The lowest BCUT2D eigenvalue weighted by Gasteiger charge is -2.10. The van der Waals surface area contributed by atoms with E-state index < -0.39 is 0 Å². The second-order valence-corrected chi connectivity index (χ2v) is 5.34. The van der Waals surface area contributed by atoms with Crippen LogP contribution in [0.15, 0.2) is 51.7 Å². The van der Waals surface area contributed by atoms with Gasteiger partial charge in [-0.2, -0.15) is 0 Å². The molecule has 4 heteroatoms. The van der Waals surface area contributed by atoms with Crippen LogP contribution in [0.3, 0.4) is 0 Å². The lowest BCUT2D eigenvalue weighted by atomic mass is 10.0. The van der Waals surface area contributed by atoms with E-state index in [0.717, 1.165) is 27.8 Å². The first kappa shape index (κ1) is 14.3. The Morgan fingerprint density at radius 2 is 1.82 bits per heavy atom. The van der Waals surface area contributed by atoms with Gasteiger partial charge in [0.2, 0.25) is 0 Å². The van der Waals surface area contributed by atoms with Crippen LogP contribution in [0.25, 0.3) is 11.0 Å². The summed E-state index contributed by atoms with van der Waals surface area (Å²) in [4.78, 5) is 11.8. The van der Waals surface area contributed by atoms with Crippen molar-refractivity contribution < 1.29 is 8.81 Å². The molecule has 3 rings (SSSR count). The first-order valence-electron chi connectivity index (χ1n) is 7.07. The van der Waals surface area contributed by atoms with Gasteiger partial charge in [0.1, 0.15) is 11.4 Å². The van der Waals surface area contributed by atoms with Crippen molar-refractivity contribution >= 4 is 16.7 Å². The molecule has 1 aromatic heterocycles. The Morgan fingerprint density at radius 3 is 2.55 bits per heavy atom. The van der Waals surface area contributed by atoms with Crippen molar-refractivity contribution in [3.05, 3.63) is 75.4 Å². The van der Waals surface area contributed by atoms with Gasteiger partial charge in [-0.15, -0.1) is 0 Å². The van der Waals surface area contributed by atoms with Crippen molar-refractivity contribution in [3.8, 4) is 0 Å². The van der Waals surface area contributed by atoms with Gasteiger partial charge in [0.15, 0.2) is 0 Å². The first-order chi connectivity index (χ1) is 10.5.